The minimum Gasteiger partial charge on any atom is -0.326 e. The van der Waals surface area contributed by atoms with Gasteiger partial charge in [-0.2, -0.15) is 0 Å². The van der Waals surface area contributed by atoms with E-state index in [1.165, 1.54) is 6.92 Å². The fourth-order valence-corrected chi connectivity index (χ4v) is 3.08. The number of aryl methyl sites for hydroxylation is 1. The first-order chi connectivity index (χ1) is 12.0. The molecule has 0 saturated heterocycles. The predicted octanol–water partition coefficient (Wildman–Crippen LogP) is 3.44. The van der Waals surface area contributed by atoms with Crippen LogP contribution in [0.5, 0.6) is 0 Å². The minimum atomic E-state index is -0.148. The smallest absolute Gasteiger partial charge is 0.258 e. The van der Waals surface area contributed by atoms with E-state index in [4.69, 9.17) is 0 Å². The van der Waals surface area contributed by atoms with Crippen LogP contribution in [0.3, 0.4) is 0 Å². The second kappa shape index (κ2) is 6.89. The number of hydrogen-bond donors (Lipinski definition) is 1. The van der Waals surface area contributed by atoms with Gasteiger partial charge in [-0.3, -0.25) is 14.4 Å². The quantitative estimate of drug-likeness (QED) is 0.873. The summed E-state index contributed by atoms with van der Waals surface area (Å²) in [6.07, 6.45) is 1.73. The lowest BCUT2D eigenvalue weighted by molar-refractivity contribution is -0.114. The van der Waals surface area contributed by atoms with Crippen LogP contribution in [0, 0.1) is 0 Å². The van der Waals surface area contributed by atoms with Crippen LogP contribution in [0.4, 0.5) is 11.4 Å². The number of nitrogens with one attached hydrogen (secondary N) is 1. The number of rotatable bonds is 3. The molecule has 0 radical (unpaired) electrons. The number of anilines is 2. The van der Waals surface area contributed by atoms with Crippen molar-refractivity contribution in [2.24, 2.45) is 0 Å². The molecule has 0 unspecified atom stereocenters. The Morgan fingerprint density at radius 1 is 0.960 bits per heavy atom. The van der Waals surface area contributed by atoms with E-state index in [0.717, 1.165) is 24.1 Å². The van der Waals surface area contributed by atoms with Crippen LogP contribution in [0.1, 0.15) is 46.5 Å². The lowest BCUT2D eigenvalue weighted by Gasteiger charge is -2.30. The summed E-state index contributed by atoms with van der Waals surface area (Å²) in [6.45, 7) is 3.64. The van der Waals surface area contributed by atoms with E-state index in [0.29, 0.717) is 23.4 Å². The lowest BCUT2D eigenvalue weighted by Crippen LogP contribution is -2.35. The highest BCUT2D eigenvalue weighted by molar-refractivity contribution is 6.07. The van der Waals surface area contributed by atoms with Crippen molar-refractivity contribution in [3.8, 4) is 0 Å². The van der Waals surface area contributed by atoms with Crippen molar-refractivity contribution < 1.29 is 14.4 Å². The van der Waals surface area contributed by atoms with Crippen LogP contribution in [0.15, 0.2) is 42.5 Å². The first-order valence-corrected chi connectivity index (χ1v) is 8.29. The first kappa shape index (κ1) is 16.9. The van der Waals surface area contributed by atoms with E-state index in [1.807, 2.05) is 12.1 Å². The second-order valence-electron chi connectivity index (χ2n) is 6.22. The summed E-state index contributed by atoms with van der Waals surface area (Å²) in [5, 5.41) is 2.69. The number of Topliss-reactive ketones (excluding diaryl/α,β-unsaturated/α-hetero) is 1. The van der Waals surface area contributed by atoms with Crippen molar-refractivity contribution in [2.45, 2.75) is 26.7 Å². The predicted molar refractivity (Wildman–Crippen MR) is 97.2 cm³/mol. The Morgan fingerprint density at radius 3 is 2.28 bits per heavy atom. The van der Waals surface area contributed by atoms with Gasteiger partial charge in [0.05, 0.1) is 0 Å². The summed E-state index contributed by atoms with van der Waals surface area (Å²) in [5.41, 5.74) is 3.80. The highest BCUT2D eigenvalue weighted by atomic mass is 16.2. The average Bonchev–Trinajstić information content (AvgIpc) is 2.60. The normalized spacial score (nSPS) is 13.1. The van der Waals surface area contributed by atoms with Gasteiger partial charge >= 0.3 is 0 Å². The minimum absolute atomic E-state index is 0.0276. The van der Waals surface area contributed by atoms with Gasteiger partial charge in [0, 0.05) is 36.0 Å². The Hall–Kier alpha value is -2.95. The van der Waals surface area contributed by atoms with Crippen LogP contribution in [-0.2, 0) is 11.2 Å². The van der Waals surface area contributed by atoms with Crippen LogP contribution in [0.2, 0.25) is 0 Å². The topological polar surface area (TPSA) is 66.5 Å². The number of carbonyl (C=O) groups excluding carboxylic acids is 3. The molecule has 2 aromatic rings. The molecule has 1 aliphatic heterocycles. The molecule has 0 bridgehead atoms. The Labute approximate surface area is 146 Å². The van der Waals surface area contributed by atoms with Gasteiger partial charge in [-0.05, 0) is 67.8 Å². The van der Waals surface area contributed by atoms with E-state index < -0.39 is 0 Å². The standard InChI is InChI=1S/C20H20N2O3/c1-13(23)16-7-10-19-17(12-16)4-3-11-22(19)20(25)15-5-8-18(9-6-15)21-14(2)24/h5-10,12H,3-4,11H2,1-2H3,(H,21,24). The Morgan fingerprint density at radius 2 is 1.64 bits per heavy atom. The molecule has 5 heteroatoms. The summed E-state index contributed by atoms with van der Waals surface area (Å²) in [4.78, 5) is 37.3. The highest BCUT2D eigenvalue weighted by Crippen LogP contribution is 2.29. The fraction of sp³-hybridized carbons (Fsp3) is 0.250. The zero-order valence-corrected chi connectivity index (χ0v) is 14.3. The largest absolute Gasteiger partial charge is 0.326 e. The molecule has 5 nitrogen and oxygen atoms in total. The van der Waals surface area contributed by atoms with Gasteiger partial charge in [0.2, 0.25) is 5.91 Å². The van der Waals surface area contributed by atoms with Gasteiger partial charge in [0.25, 0.3) is 5.91 Å². The third kappa shape index (κ3) is 3.60. The van der Waals surface area contributed by atoms with Gasteiger partial charge in [-0.1, -0.05) is 0 Å². The van der Waals surface area contributed by atoms with E-state index >= 15 is 0 Å². The van der Waals surface area contributed by atoms with Gasteiger partial charge in [0.15, 0.2) is 5.78 Å². The molecular formula is C20H20N2O3. The summed E-state index contributed by atoms with van der Waals surface area (Å²) < 4.78 is 0. The number of hydrogen-bond acceptors (Lipinski definition) is 3. The first-order valence-electron chi connectivity index (χ1n) is 8.29. The molecule has 0 spiro atoms. The fourth-order valence-electron chi connectivity index (χ4n) is 3.08. The third-order valence-corrected chi connectivity index (χ3v) is 4.30. The third-order valence-electron chi connectivity index (χ3n) is 4.30. The molecule has 1 aliphatic rings. The maximum Gasteiger partial charge on any atom is 0.258 e. The molecular weight excluding hydrogens is 316 g/mol. The van der Waals surface area contributed by atoms with Crippen LogP contribution >= 0.6 is 0 Å². The van der Waals surface area contributed by atoms with E-state index in [2.05, 4.69) is 5.32 Å². The molecule has 3 rings (SSSR count). The number of carbonyl (C=O) groups is 3. The van der Waals surface area contributed by atoms with E-state index in [1.54, 1.807) is 42.2 Å². The molecule has 0 fully saturated rings. The zero-order chi connectivity index (χ0) is 18.0. The molecule has 1 N–H and O–H groups in total. The van der Waals surface area contributed by atoms with Crippen molar-refractivity contribution in [2.75, 3.05) is 16.8 Å². The molecule has 1 heterocycles. The zero-order valence-electron chi connectivity index (χ0n) is 14.3. The maximum absolute atomic E-state index is 12.9. The van der Waals surface area contributed by atoms with Crippen molar-refractivity contribution in [1.29, 1.82) is 0 Å². The summed E-state index contributed by atoms with van der Waals surface area (Å²) in [5.74, 6) is -0.198. The highest BCUT2D eigenvalue weighted by Gasteiger charge is 2.24. The molecule has 128 valence electrons. The SMILES string of the molecule is CC(=O)Nc1ccc(C(=O)N2CCCc3cc(C(C)=O)ccc32)cc1. The number of benzene rings is 2. The van der Waals surface area contributed by atoms with Gasteiger partial charge in [0.1, 0.15) is 0 Å². The van der Waals surface area contributed by atoms with E-state index in [-0.39, 0.29) is 17.6 Å². The number of ketones is 1. The number of nitrogens with zero attached hydrogens (tertiary/aromatic N) is 1. The Balaban J connectivity index is 1.86. The van der Waals surface area contributed by atoms with Gasteiger partial charge in [-0.25, -0.2) is 0 Å². The molecule has 25 heavy (non-hydrogen) atoms. The van der Waals surface area contributed by atoms with Gasteiger partial charge < -0.3 is 10.2 Å². The lowest BCUT2D eigenvalue weighted by atomic mass is 9.97. The van der Waals surface area contributed by atoms with Crippen molar-refractivity contribution in [1.82, 2.24) is 0 Å². The molecule has 0 aliphatic carbocycles. The van der Waals surface area contributed by atoms with Crippen molar-refractivity contribution in [3.63, 3.8) is 0 Å². The van der Waals surface area contributed by atoms with Crippen LogP contribution < -0.4 is 10.2 Å². The number of fused-ring (bicyclic) bond motifs is 1. The van der Waals surface area contributed by atoms with E-state index in [9.17, 15) is 14.4 Å². The van der Waals surface area contributed by atoms with Crippen molar-refractivity contribution >= 4 is 29.0 Å². The Bertz CT molecular complexity index is 841. The summed E-state index contributed by atoms with van der Waals surface area (Å²) in [6, 6.07) is 12.4. The molecule has 0 saturated carbocycles. The summed E-state index contributed by atoms with van der Waals surface area (Å²) >= 11 is 0. The van der Waals surface area contributed by atoms with Crippen LogP contribution in [-0.4, -0.2) is 24.1 Å². The molecule has 2 amide bonds. The maximum atomic E-state index is 12.9. The van der Waals surface area contributed by atoms with Gasteiger partial charge in [-0.15, -0.1) is 0 Å². The monoisotopic (exact) mass is 336 g/mol. The number of amides is 2. The molecule has 0 atom stereocenters. The van der Waals surface area contributed by atoms with Crippen LogP contribution in [0.25, 0.3) is 0 Å². The molecule has 0 aromatic heterocycles. The Kier molecular flexibility index (Phi) is 4.65. The molecule has 2 aromatic carbocycles. The summed E-state index contributed by atoms with van der Waals surface area (Å²) in [7, 11) is 0. The van der Waals surface area contributed by atoms with Crippen molar-refractivity contribution in [3.05, 3.63) is 59.2 Å². The average molecular weight is 336 g/mol. The second-order valence-corrected chi connectivity index (χ2v) is 6.22.